The maximum absolute atomic E-state index is 12.6. The van der Waals surface area contributed by atoms with Crippen molar-refractivity contribution in [3.05, 3.63) is 52.0 Å². The van der Waals surface area contributed by atoms with Crippen LogP contribution >= 0.6 is 11.3 Å². The van der Waals surface area contributed by atoms with Gasteiger partial charge in [0.1, 0.15) is 0 Å². The summed E-state index contributed by atoms with van der Waals surface area (Å²) in [4.78, 5) is 22.0. The van der Waals surface area contributed by atoms with Gasteiger partial charge in [0.2, 0.25) is 11.7 Å². The molecule has 1 aromatic carbocycles. The van der Waals surface area contributed by atoms with Crippen molar-refractivity contribution < 1.29 is 9.32 Å². The number of carbonyl (C=O) groups is 1. The smallest absolute Gasteiger partial charge is 0.264 e. The van der Waals surface area contributed by atoms with Crippen LogP contribution in [0.15, 0.2) is 40.2 Å². The molecule has 0 atom stereocenters. The van der Waals surface area contributed by atoms with Crippen LogP contribution in [0.3, 0.4) is 0 Å². The van der Waals surface area contributed by atoms with Crippen LogP contribution in [0.4, 0.5) is 5.69 Å². The molecule has 26 heavy (non-hydrogen) atoms. The van der Waals surface area contributed by atoms with Crippen molar-refractivity contribution in [2.45, 2.75) is 13.8 Å². The highest BCUT2D eigenvalue weighted by Crippen LogP contribution is 2.23. The maximum Gasteiger partial charge on any atom is 0.264 e. The number of rotatable bonds is 3. The van der Waals surface area contributed by atoms with Crippen LogP contribution in [0, 0.1) is 13.8 Å². The Balaban J connectivity index is 1.40. The van der Waals surface area contributed by atoms with E-state index < -0.39 is 0 Å². The van der Waals surface area contributed by atoms with Crippen LogP contribution < -0.4 is 4.90 Å². The number of carbonyl (C=O) groups excluding carboxylic acids is 1. The van der Waals surface area contributed by atoms with Gasteiger partial charge in [0, 0.05) is 44.4 Å². The van der Waals surface area contributed by atoms with Gasteiger partial charge in [-0.25, -0.2) is 0 Å². The SMILES string of the molecule is Cc1nc(-c2ccc(N3CCN(C(=O)c4sccc4C)CC3)cc2)no1. The monoisotopic (exact) mass is 368 g/mol. The minimum Gasteiger partial charge on any atom is -0.368 e. The largest absolute Gasteiger partial charge is 0.368 e. The molecule has 0 radical (unpaired) electrons. The molecule has 6 nitrogen and oxygen atoms in total. The molecule has 1 amide bonds. The molecule has 4 rings (SSSR count). The summed E-state index contributed by atoms with van der Waals surface area (Å²) in [7, 11) is 0. The Hall–Kier alpha value is -2.67. The number of benzene rings is 1. The van der Waals surface area contributed by atoms with E-state index in [2.05, 4.69) is 27.2 Å². The second kappa shape index (κ2) is 6.92. The molecule has 3 heterocycles. The van der Waals surface area contributed by atoms with E-state index >= 15 is 0 Å². The first-order valence-corrected chi connectivity index (χ1v) is 9.49. The maximum atomic E-state index is 12.6. The highest BCUT2D eigenvalue weighted by atomic mass is 32.1. The number of hydrogen-bond donors (Lipinski definition) is 0. The molecule has 1 saturated heterocycles. The Morgan fingerprint density at radius 1 is 1.08 bits per heavy atom. The summed E-state index contributed by atoms with van der Waals surface area (Å²) in [5, 5.41) is 5.92. The zero-order chi connectivity index (χ0) is 18.1. The number of anilines is 1. The second-order valence-corrected chi connectivity index (χ2v) is 7.31. The van der Waals surface area contributed by atoms with E-state index in [1.165, 1.54) is 11.3 Å². The quantitative estimate of drug-likeness (QED) is 0.709. The third-order valence-corrected chi connectivity index (χ3v) is 5.65. The van der Waals surface area contributed by atoms with E-state index in [0.29, 0.717) is 11.7 Å². The lowest BCUT2D eigenvalue weighted by molar-refractivity contribution is 0.0751. The Morgan fingerprint density at radius 3 is 2.38 bits per heavy atom. The van der Waals surface area contributed by atoms with Crippen molar-refractivity contribution in [1.29, 1.82) is 0 Å². The Kier molecular flexibility index (Phi) is 4.46. The molecule has 0 aliphatic carbocycles. The van der Waals surface area contributed by atoms with Crippen LogP contribution in [0.1, 0.15) is 21.1 Å². The minimum atomic E-state index is 0.153. The summed E-state index contributed by atoms with van der Waals surface area (Å²) in [5.41, 5.74) is 3.15. The molecular weight excluding hydrogens is 348 g/mol. The van der Waals surface area contributed by atoms with Gasteiger partial charge in [-0.3, -0.25) is 4.79 Å². The van der Waals surface area contributed by atoms with Gasteiger partial charge < -0.3 is 14.3 Å². The predicted octanol–water partition coefficient (Wildman–Crippen LogP) is 3.38. The standard InChI is InChI=1S/C19H20N4O2S/c1-13-7-12-26-17(13)19(24)23-10-8-22(9-11-23)16-5-3-15(4-6-16)18-20-14(2)25-21-18/h3-7,12H,8-11H2,1-2H3. The lowest BCUT2D eigenvalue weighted by atomic mass is 10.1. The summed E-state index contributed by atoms with van der Waals surface area (Å²) in [6, 6.07) is 10.2. The van der Waals surface area contributed by atoms with E-state index in [1.807, 2.05) is 35.4 Å². The van der Waals surface area contributed by atoms with Crippen molar-refractivity contribution in [2.24, 2.45) is 0 Å². The van der Waals surface area contributed by atoms with Gasteiger partial charge >= 0.3 is 0 Å². The van der Waals surface area contributed by atoms with E-state index in [-0.39, 0.29) is 5.91 Å². The fourth-order valence-corrected chi connectivity index (χ4v) is 4.03. The van der Waals surface area contributed by atoms with Crippen LogP contribution in [0.5, 0.6) is 0 Å². The molecule has 0 bridgehead atoms. The van der Waals surface area contributed by atoms with Crippen molar-refractivity contribution in [2.75, 3.05) is 31.1 Å². The Morgan fingerprint density at radius 2 is 1.81 bits per heavy atom. The molecule has 134 valence electrons. The summed E-state index contributed by atoms with van der Waals surface area (Å²) in [5.74, 6) is 1.32. The van der Waals surface area contributed by atoms with Gasteiger partial charge in [-0.1, -0.05) is 5.16 Å². The topological polar surface area (TPSA) is 62.5 Å². The fourth-order valence-electron chi connectivity index (χ4n) is 3.14. The van der Waals surface area contributed by atoms with Gasteiger partial charge in [-0.05, 0) is 48.2 Å². The van der Waals surface area contributed by atoms with Crippen LogP contribution in [0.2, 0.25) is 0 Å². The highest BCUT2D eigenvalue weighted by Gasteiger charge is 2.24. The zero-order valence-corrected chi connectivity index (χ0v) is 15.6. The number of aromatic nitrogens is 2. The summed E-state index contributed by atoms with van der Waals surface area (Å²) >= 11 is 1.53. The minimum absolute atomic E-state index is 0.153. The predicted molar refractivity (Wildman–Crippen MR) is 102 cm³/mol. The molecule has 2 aromatic heterocycles. The number of hydrogen-bond acceptors (Lipinski definition) is 6. The van der Waals surface area contributed by atoms with E-state index in [1.54, 1.807) is 6.92 Å². The Labute approximate surface area is 156 Å². The lowest BCUT2D eigenvalue weighted by Crippen LogP contribution is -2.48. The lowest BCUT2D eigenvalue weighted by Gasteiger charge is -2.36. The molecule has 1 fully saturated rings. The average Bonchev–Trinajstić information content (AvgIpc) is 3.30. The molecule has 0 saturated carbocycles. The molecule has 0 N–H and O–H groups in total. The molecule has 3 aromatic rings. The third kappa shape index (κ3) is 3.22. The molecule has 1 aliphatic heterocycles. The van der Waals surface area contributed by atoms with Crippen LogP contribution in [-0.2, 0) is 0 Å². The van der Waals surface area contributed by atoms with Gasteiger partial charge in [-0.2, -0.15) is 4.98 Å². The molecule has 1 aliphatic rings. The van der Waals surface area contributed by atoms with Gasteiger partial charge in [-0.15, -0.1) is 11.3 Å². The number of aryl methyl sites for hydroxylation is 2. The number of piperazine rings is 1. The number of amides is 1. The summed E-state index contributed by atoms with van der Waals surface area (Å²) < 4.78 is 5.03. The fraction of sp³-hybridized carbons (Fsp3) is 0.316. The summed E-state index contributed by atoms with van der Waals surface area (Å²) in [6.07, 6.45) is 0. The normalized spacial score (nSPS) is 14.7. The molecule has 7 heteroatoms. The van der Waals surface area contributed by atoms with Crippen molar-refractivity contribution in [1.82, 2.24) is 15.0 Å². The van der Waals surface area contributed by atoms with Crippen molar-refractivity contribution in [3.63, 3.8) is 0 Å². The second-order valence-electron chi connectivity index (χ2n) is 6.40. The van der Waals surface area contributed by atoms with Gasteiger partial charge in [0.15, 0.2) is 0 Å². The zero-order valence-electron chi connectivity index (χ0n) is 14.8. The van der Waals surface area contributed by atoms with E-state index in [0.717, 1.165) is 47.9 Å². The summed E-state index contributed by atoms with van der Waals surface area (Å²) in [6.45, 7) is 6.91. The highest BCUT2D eigenvalue weighted by molar-refractivity contribution is 7.12. The first kappa shape index (κ1) is 16.8. The van der Waals surface area contributed by atoms with Crippen molar-refractivity contribution >= 4 is 22.9 Å². The van der Waals surface area contributed by atoms with E-state index in [9.17, 15) is 4.79 Å². The molecule has 0 spiro atoms. The van der Waals surface area contributed by atoms with Gasteiger partial charge in [0.25, 0.3) is 5.91 Å². The first-order valence-electron chi connectivity index (χ1n) is 8.61. The number of nitrogens with zero attached hydrogens (tertiary/aromatic N) is 4. The van der Waals surface area contributed by atoms with E-state index in [4.69, 9.17) is 4.52 Å². The van der Waals surface area contributed by atoms with Crippen LogP contribution in [0.25, 0.3) is 11.4 Å². The third-order valence-electron chi connectivity index (χ3n) is 4.64. The van der Waals surface area contributed by atoms with Crippen molar-refractivity contribution in [3.8, 4) is 11.4 Å². The Bertz CT molecular complexity index is 908. The van der Waals surface area contributed by atoms with Gasteiger partial charge in [0.05, 0.1) is 4.88 Å². The average molecular weight is 368 g/mol. The van der Waals surface area contributed by atoms with Crippen LogP contribution in [-0.4, -0.2) is 47.1 Å². The number of thiophene rings is 1. The molecular formula is C19H20N4O2S. The molecule has 0 unspecified atom stereocenters. The first-order chi connectivity index (χ1) is 12.6.